The fourth-order valence-electron chi connectivity index (χ4n) is 2.96. The summed E-state index contributed by atoms with van der Waals surface area (Å²) in [6.45, 7) is 7.84. The zero-order valence-electron chi connectivity index (χ0n) is 15.4. The molecule has 2 unspecified atom stereocenters. The summed E-state index contributed by atoms with van der Waals surface area (Å²) in [7, 11) is 0. The Labute approximate surface area is 170 Å². The molecule has 2 atom stereocenters. The van der Waals surface area contributed by atoms with Gasteiger partial charge >= 0.3 is 6.09 Å². The van der Waals surface area contributed by atoms with E-state index in [-0.39, 0.29) is 39.4 Å². The van der Waals surface area contributed by atoms with Crippen molar-refractivity contribution in [1.29, 1.82) is 0 Å². The van der Waals surface area contributed by atoms with Crippen LogP contribution in [0.4, 0.5) is 9.18 Å². The molecule has 1 aliphatic heterocycles. The van der Waals surface area contributed by atoms with Gasteiger partial charge in [0, 0.05) is 13.0 Å². The molecule has 1 aromatic carbocycles. The maximum atomic E-state index is 14.4. The van der Waals surface area contributed by atoms with E-state index in [9.17, 15) is 9.18 Å². The summed E-state index contributed by atoms with van der Waals surface area (Å²) in [4.78, 5) is 22.1. The number of nitrogens with zero attached hydrogens (tertiary/aromatic N) is 3. The number of halogens is 3. The number of hydrogen-bond acceptors (Lipinski definition) is 5. The number of benzene rings is 1. The van der Waals surface area contributed by atoms with E-state index in [1.807, 2.05) is 27.7 Å². The van der Waals surface area contributed by atoms with Crippen LogP contribution < -0.4 is 4.74 Å². The average Bonchev–Trinajstić information content (AvgIpc) is 2.91. The Morgan fingerprint density at radius 3 is 2.74 bits per heavy atom. The highest BCUT2D eigenvalue weighted by atomic mass is 79.9. The molecule has 2 aromatic rings. The first-order valence-electron chi connectivity index (χ1n) is 8.54. The molecule has 27 heavy (non-hydrogen) atoms. The Hall–Kier alpha value is -1.67. The molecule has 0 aliphatic carbocycles. The van der Waals surface area contributed by atoms with E-state index in [0.29, 0.717) is 18.4 Å². The molecule has 3 rings (SSSR count). The highest BCUT2D eigenvalue weighted by molar-refractivity contribution is 9.10. The van der Waals surface area contributed by atoms with E-state index in [0.717, 1.165) is 0 Å². The number of hydrogen-bond donors (Lipinski definition) is 0. The van der Waals surface area contributed by atoms with Gasteiger partial charge in [0.25, 0.3) is 0 Å². The first-order valence-corrected chi connectivity index (χ1v) is 9.71. The van der Waals surface area contributed by atoms with Gasteiger partial charge in [-0.15, -0.1) is 0 Å². The Bertz CT molecular complexity index is 890. The van der Waals surface area contributed by atoms with Gasteiger partial charge in [-0.05, 0) is 67.4 Å². The quantitative estimate of drug-likeness (QED) is 0.593. The highest BCUT2D eigenvalue weighted by Gasteiger charge is 2.38. The lowest BCUT2D eigenvalue weighted by atomic mass is 10.2. The zero-order valence-corrected chi connectivity index (χ0v) is 17.8. The summed E-state index contributed by atoms with van der Waals surface area (Å²) in [6.07, 6.45) is -0.109. The number of carbonyl (C=O) groups excluding carboxylic acids is 1. The highest BCUT2D eigenvalue weighted by Crippen LogP contribution is 2.32. The summed E-state index contributed by atoms with van der Waals surface area (Å²) in [5.74, 6) is -0.337. The lowest BCUT2D eigenvalue weighted by Gasteiger charge is -2.28. The minimum Gasteiger partial charge on any atom is -0.472 e. The molecule has 0 bridgehead atoms. The van der Waals surface area contributed by atoms with Crippen LogP contribution in [0.2, 0.25) is 5.28 Å². The van der Waals surface area contributed by atoms with Crippen molar-refractivity contribution in [2.24, 2.45) is 0 Å². The lowest BCUT2D eigenvalue weighted by molar-refractivity contribution is 0.0191. The molecular weight excluding hydrogens is 441 g/mol. The Kier molecular flexibility index (Phi) is 5.49. The fourth-order valence-corrected chi connectivity index (χ4v) is 3.44. The molecule has 1 saturated heterocycles. The fraction of sp³-hybridized carbons (Fsp3) is 0.500. The van der Waals surface area contributed by atoms with E-state index >= 15 is 0 Å². The van der Waals surface area contributed by atoms with Gasteiger partial charge in [0.2, 0.25) is 11.2 Å². The molecule has 1 amide bonds. The van der Waals surface area contributed by atoms with Gasteiger partial charge in [0.15, 0.2) is 5.82 Å². The van der Waals surface area contributed by atoms with Crippen LogP contribution in [0.25, 0.3) is 10.9 Å². The average molecular weight is 461 g/mol. The molecule has 0 radical (unpaired) electrons. The summed E-state index contributed by atoms with van der Waals surface area (Å²) in [6, 6.07) is 3.00. The molecule has 1 aliphatic rings. The number of aromatic nitrogens is 2. The second kappa shape index (κ2) is 7.39. The second-order valence-corrected chi connectivity index (χ2v) is 8.61. The Morgan fingerprint density at radius 2 is 2.07 bits per heavy atom. The van der Waals surface area contributed by atoms with Crippen LogP contribution in [0.3, 0.4) is 0 Å². The number of amides is 1. The predicted molar refractivity (Wildman–Crippen MR) is 104 cm³/mol. The Morgan fingerprint density at radius 1 is 1.37 bits per heavy atom. The van der Waals surface area contributed by atoms with E-state index < -0.39 is 11.4 Å². The molecule has 0 N–H and O–H groups in total. The summed E-state index contributed by atoms with van der Waals surface area (Å²) in [5, 5.41) is 0.312. The number of ether oxygens (including phenoxy) is 2. The van der Waals surface area contributed by atoms with Crippen molar-refractivity contribution >= 4 is 44.5 Å². The van der Waals surface area contributed by atoms with E-state index in [1.165, 1.54) is 0 Å². The third kappa shape index (κ3) is 4.27. The van der Waals surface area contributed by atoms with Gasteiger partial charge < -0.3 is 14.4 Å². The van der Waals surface area contributed by atoms with Crippen LogP contribution >= 0.6 is 27.5 Å². The van der Waals surface area contributed by atoms with Gasteiger partial charge in [-0.3, -0.25) is 0 Å². The molecule has 0 saturated carbocycles. The first kappa shape index (κ1) is 20.1. The van der Waals surface area contributed by atoms with Gasteiger partial charge in [-0.25, -0.2) is 14.2 Å². The van der Waals surface area contributed by atoms with Crippen molar-refractivity contribution in [3.8, 4) is 5.88 Å². The molecule has 9 heteroatoms. The largest absolute Gasteiger partial charge is 0.472 e. The molecule has 0 spiro atoms. The second-order valence-electron chi connectivity index (χ2n) is 7.41. The van der Waals surface area contributed by atoms with Crippen LogP contribution in [0, 0.1) is 5.82 Å². The van der Waals surface area contributed by atoms with Crippen molar-refractivity contribution in [3.63, 3.8) is 0 Å². The third-order valence-electron chi connectivity index (χ3n) is 4.27. The summed E-state index contributed by atoms with van der Waals surface area (Å²) in [5.41, 5.74) is -0.495. The number of likely N-dealkylation sites (tertiary alicyclic amines) is 1. The molecule has 146 valence electrons. The minimum absolute atomic E-state index is 0.0778. The monoisotopic (exact) mass is 459 g/mol. The molecule has 1 aromatic heterocycles. The topological polar surface area (TPSA) is 64.6 Å². The van der Waals surface area contributed by atoms with Crippen molar-refractivity contribution < 1.29 is 18.7 Å². The van der Waals surface area contributed by atoms with Crippen molar-refractivity contribution in [3.05, 3.63) is 27.7 Å². The maximum Gasteiger partial charge on any atom is 0.410 e. The predicted octanol–water partition coefficient (Wildman–Crippen LogP) is 4.96. The number of fused-ring (bicyclic) bond motifs is 1. The van der Waals surface area contributed by atoms with E-state index in [2.05, 4.69) is 25.9 Å². The molecular formula is C18H20BrClFN3O3. The minimum atomic E-state index is -0.572. The SMILES string of the molecule is CC1C(Oc2nc(Cl)nc3c(F)c(Br)ccc23)CCN1C(=O)OC(C)(C)C. The summed E-state index contributed by atoms with van der Waals surface area (Å²) < 4.78 is 26.1. The third-order valence-corrected chi connectivity index (χ3v) is 5.05. The lowest BCUT2D eigenvalue weighted by Crippen LogP contribution is -2.42. The molecule has 1 fully saturated rings. The van der Waals surface area contributed by atoms with Crippen LogP contribution in [-0.4, -0.2) is 45.3 Å². The van der Waals surface area contributed by atoms with Gasteiger partial charge in [-0.2, -0.15) is 4.98 Å². The van der Waals surface area contributed by atoms with Crippen LogP contribution in [0.15, 0.2) is 16.6 Å². The molecule has 6 nitrogen and oxygen atoms in total. The van der Waals surface area contributed by atoms with E-state index in [1.54, 1.807) is 17.0 Å². The molecule has 2 heterocycles. The number of carbonyl (C=O) groups is 1. The standard InChI is InChI=1S/C18H20BrClFN3O3/c1-9-12(7-8-24(9)17(25)27-18(2,3)4)26-15-10-5-6-11(19)13(21)14(10)22-16(20)23-15/h5-6,9,12H,7-8H2,1-4H3. The van der Waals surface area contributed by atoms with E-state index in [4.69, 9.17) is 21.1 Å². The maximum absolute atomic E-state index is 14.4. The van der Waals surface area contributed by atoms with Crippen molar-refractivity contribution in [2.45, 2.75) is 51.9 Å². The first-order chi connectivity index (χ1) is 12.6. The van der Waals surface area contributed by atoms with Crippen LogP contribution in [0.5, 0.6) is 5.88 Å². The van der Waals surface area contributed by atoms with Gasteiger partial charge in [-0.1, -0.05) is 0 Å². The smallest absolute Gasteiger partial charge is 0.410 e. The van der Waals surface area contributed by atoms with Crippen molar-refractivity contribution in [2.75, 3.05) is 6.54 Å². The van der Waals surface area contributed by atoms with Crippen molar-refractivity contribution in [1.82, 2.24) is 14.9 Å². The van der Waals surface area contributed by atoms with Gasteiger partial charge in [0.05, 0.1) is 15.9 Å². The van der Waals surface area contributed by atoms with Crippen LogP contribution in [-0.2, 0) is 4.74 Å². The normalized spacial score (nSPS) is 20.2. The summed E-state index contributed by atoms with van der Waals surface area (Å²) >= 11 is 9.09. The zero-order chi connectivity index (χ0) is 19.9. The Balaban J connectivity index is 1.84. The van der Waals surface area contributed by atoms with Gasteiger partial charge in [0.1, 0.15) is 17.2 Å². The van der Waals surface area contributed by atoms with Crippen LogP contribution in [0.1, 0.15) is 34.1 Å². The number of rotatable bonds is 2.